The van der Waals surface area contributed by atoms with Crippen molar-refractivity contribution in [2.45, 2.75) is 30.5 Å². The van der Waals surface area contributed by atoms with Crippen molar-refractivity contribution in [3.05, 3.63) is 42.0 Å². The third-order valence-corrected chi connectivity index (χ3v) is 5.08. The zero-order chi connectivity index (χ0) is 18.6. The predicted molar refractivity (Wildman–Crippen MR) is 84.6 cm³/mol. The van der Waals surface area contributed by atoms with E-state index in [-0.39, 0.29) is 11.4 Å². The van der Waals surface area contributed by atoms with Gasteiger partial charge in [0.25, 0.3) is 0 Å². The van der Waals surface area contributed by atoms with Crippen molar-refractivity contribution in [3.63, 3.8) is 0 Å². The highest BCUT2D eigenvalue weighted by atomic mass is 32.2. The number of hydrogen-bond acceptors (Lipinski definition) is 3. The fourth-order valence-electron chi connectivity index (χ4n) is 1.70. The monoisotopic (exact) mass is 361 g/mol. The molecule has 8 heteroatoms. The molecule has 1 aromatic carbocycles. The highest BCUT2D eigenvalue weighted by Crippen LogP contribution is 2.31. The Morgan fingerprint density at radius 2 is 1.83 bits per heavy atom. The molecule has 24 heavy (non-hydrogen) atoms. The van der Waals surface area contributed by atoms with Crippen molar-refractivity contribution in [2.75, 3.05) is 13.1 Å². The van der Waals surface area contributed by atoms with Gasteiger partial charge in [-0.1, -0.05) is 29.7 Å². The van der Waals surface area contributed by atoms with Crippen molar-refractivity contribution in [2.24, 2.45) is 0 Å². The van der Waals surface area contributed by atoms with Crippen LogP contribution in [0.25, 0.3) is 0 Å². The van der Waals surface area contributed by atoms with Crippen LogP contribution in [-0.4, -0.2) is 42.7 Å². The Kier molecular flexibility index (Phi) is 6.22. The molecule has 132 valence electrons. The van der Waals surface area contributed by atoms with Gasteiger partial charge in [0, 0.05) is 6.54 Å². The van der Waals surface area contributed by atoms with E-state index in [1.165, 1.54) is 12.1 Å². The average Bonchev–Trinajstić information content (AvgIpc) is 2.45. The van der Waals surface area contributed by atoms with Crippen molar-refractivity contribution in [3.8, 4) is 12.3 Å². The highest BCUT2D eigenvalue weighted by Gasteiger charge is 2.47. The number of nitrogens with zero attached hydrogens (tertiary/aromatic N) is 1. The van der Waals surface area contributed by atoms with Crippen molar-refractivity contribution in [1.82, 2.24) is 4.31 Å². The van der Waals surface area contributed by atoms with E-state index in [1.807, 2.05) is 0 Å². The fraction of sp³-hybridized carbons (Fsp3) is 0.375. The molecular weight excluding hydrogens is 343 g/mol. The number of halogens is 3. The van der Waals surface area contributed by atoms with Gasteiger partial charge in [-0.05, 0) is 32.1 Å². The van der Waals surface area contributed by atoms with Crippen LogP contribution >= 0.6 is 0 Å². The van der Waals surface area contributed by atoms with Gasteiger partial charge in [0.1, 0.15) is 0 Å². The van der Waals surface area contributed by atoms with Gasteiger partial charge < -0.3 is 5.11 Å². The normalized spacial score (nSPS) is 15.4. The standard InChI is InChI=1S/C16H18F3NO3S/c1-4-11-20(12-5-10-15(3,21)16(17,18)19)24(22,23)14-8-6-13(2)7-9-14/h1,5-10,21H,11-12H2,2-3H3/b10-5+. The van der Waals surface area contributed by atoms with Crippen LogP contribution in [0.2, 0.25) is 0 Å². The van der Waals surface area contributed by atoms with Crippen LogP contribution in [0.4, 0.5) is 13.2 Å². The maximum Gasteiger partial charge on any atom is 0.420 e. The molecule has 0 saturated heterocycles. The first-order valence-electron chi connectivity index (χ1n) is 6.89. The third kappa shape index (κ3) is 4.84. The zero-order valence-corrected chi connectivity index (χ0v) is 14.0. The summed E-state index contributed by atoms with van der Waals surface area (Å²) in [6, 6.07) is 5.99. The topological polar surface area (TPSA) is 57.6 Å². The molecule has 0 aromatic heterocycles. The summed E-state index contributed by atoms with van der Waals surface area (Å²) in [4.78, 5) is -0.0145. The van der Waals surface area contributed by atoms with Gasteiger partial charge in [-0.25, -0.2) is 8.42 Å². The number of aryl methyl sites for hydroxylation is 1. The molecule has 0 radical (unpaired) electrons. The van der Waals surface area contributed by atoms with Gasteiger partial charge in [0.2, 0.25) is 10.0 Å². The molecule has 0 saturated carbocycles. The Morgan fingerprint density at radius 3 is 2.29 bits per heavy atom. The second kappa shape index (κ2) is 7.38. The molecule has 1 atom stereocenters. The van der Waals surface area contributed by atoms with Gasteiger partial charge in [0.15, 0.2) is 5.60 Å². The SMILES string of the molecule is C#CCN(C/C=C/C(C)(O)C(F)(F)F)S(=O)(=O)c1ccc(C)cc1. The first-order chi connectivity index (χ1) is 10.9. The minimum absolute atomic E-state index is 0.0145. The molecule has 4 nitrogen and oxygen atoms in total. The molecule has 0 aliphatic heterocycles. The second-order valence-corrected chi connectivity index (χ2v) is 7.30. The molecule has 0 bridgehead atoms. The predicted octanol–water partition coefficient (Wildman–Crippen LogP) is 2.49. The fourth-order valence-corrected chi connectivity index (χ4v) is 3.01. The summed E-state index contributed by atoms with van der Waals surface area (Å²) < 4.78 is 63.6. The minimum atomic E-state index is -4.86. The van der Waals surface area contributed by atoms with Gasteiger partial charge in [-0.3, -0.25) is 0 Å². The summed E-state index contributed by atoms with van der Waals surface area (Å²) in [5.41, 5.74) is -2.19. The lowest BCUT2D eigenvalue weighted by molar-refractivity contribution is -0.232. The van der Waals surface area contributed by atoms with E-state index < -0.39 is 28.3 Å². The van der Waals surface area contributed by atoms with Crippen LogP contribution in [0.15, 0.2) is 41.3 Å². The van der Waals surface area contributed by atoms with Gasteiger partial charge in [-0.15, -0.1) is 6.42 Å². The number of rotatable bonds is 6. The van der Waals surface area contributed by atoms with Gasteiger partial charge in [-0.2, -0.15) is 17.5 Å². The van der Waals surface area contributed by atoms with E-state index in [0.717, 1.165) is 15.9 Å². The molecule has 0 fully saturated rings. The Labute approximate surface area is 139 Å². The first kappa shape index (κ1) is 20.2. The molecule has 0 amide bonds. The molecule has 1 aromatic rings. The Hall–Kier alpha value is -1.82. The van der Waals surface area contributed by atoms with Crippen LogP contribution in [0.1, 0.15) is 12.5 Å². The van der Waals surface area contributed by atoms with Crippen molar-refractivity contribution < 1.29 is 26.7 Å². The van der Waals surface area contributed by atoms with Crippen LogP contribution in [-0.2, 0) is 10.0 Å². The molecule has 0 aliphatic rings. The van der Waals surface area contributed by atoms with Crippen LogP contribution in [0, 0.1) is 19.3 Å². The number of terminal acetylenes is 1. The number of benzene rings is 1. The number of hydrogen-bond donors (Lipinski definition) is 1. The maximum atomic E-state index is 12.6. The maximum absolute atomic E-state index is 12.6. The molecule has 1 unspecified atom stereocenters. The lowest BCUT2D eigenvalue weighted by Crippen LogP contribution is -2.40. The summed E-state index contributed by atoms with van der Waals surface area (Å²) in [5, 5.41) is 9.32. The first-order valence-corrected chi connectivity index (χ1v) is 8.33. The summed E-state index contributed by atoms with van der Waals surface area (Å²) in [6.45, 7) is 1.66. The smallest absolute Gasteiger partial charge is 0.377 e. The van der Waals surface area contributed by atoms with Crippen molar-refractivity contribution >= 4 is 10.0 Å². The number of sulfonamides is 1. The molecule has 0 spiro atoms. The molecule has 0 aliphatic carbocycles. The van der Waals surface area contributed by atoms with Crippen LogP contribution < -0.4 is 0 Å². The summed E-state index contributed by atoms with van der Waals surface area (Å²) in [6.07, 6.45) is 1.71. The largest absolute Gasteiger partial charge is 0.420 e. The lowest BCUT2D eigenvalue weighted by atomic mass is 10.1. The number of aliphatic hydroxyl groups is 1. The molecule has 0 heterocycles. The van der Waals surface area contributed by atoms with Crippen LogP contribution in [0.5, 0.6) is 0 Å². The van der Waals surface area contributed by atoms with E-state index in [0.29, 0.717) is 13.0 Å². The van der Waals surface area contributed by atoms with Crippen molar-refractivity contribution in [1.29, 1.82) is 0 Å². The molecule has 1 N–H and O–H groups in total. The zero-order valence-electron chi connectivity index (χ0n) is 13.2. The minimum Gasteiger partial charge on any atom is -0.377 e. The lowest BCUT2D eigenvalue weighted by Gasteiger charge is -2.23. The van der Waals surface area contributed by atoms with E-state index in [1.54, 1.807) is 19.1 Å². The Bertz CT molecular complexity index is 729. The van der Waals surface area contributed by atoms with E-state index in [2.05, 4.69) is 5.92 Å². The van der Waals surface area contributed by atoms with Gasteiger partial charge in [0.05, 0.1) is 11.4 Å². The van der Waals surface area contributed by atoms with E-state index >= 15 is 0 Å². The highest BCUT2D eigenvalue weighted by molar-refractivity contribution is 7.89. The molecule has 1 rings (SSSR count). The average molecular weight is 361 g/mol. The van der Waals surface area contributed by atoms with Gasteiger partial charge >= 0.3 is 6.18 Å². The second-order valence-electron chi connectivity index (χ2n) is 5.36. The van der Waals surface area contributed by atoms with Crippen LogP contribution in [0.3, 0.4) is 0 Å². The van der Waals surface area contributed by atoms with E-state index in [9.17, 15) is 26.7 Å². The summed E-state index contributed by atoms with van der Waals surface area (Å²) in [7, 11) is -3.96. The Morgan fingerprint density at radius 1 is 1.29 bits per heavy atom. The summed E-state index contributed by atoms with van der Waals surface area (Å²) >= 11 is 0. The Balaban J connectivity index is 3.03. The molecular formula is C16H18F3NO3S. The summed E-state index contributed by atoms with van der Waals surface area (Å²) in [5.74, 6) is 2.16. The van der Waals surface area contributed by atoms with E-state index in [4.69, 9.17) is 6.42 Å². The quantitative estimate of drug-likeness (QED) is 0.626. The third-order valence-electron chi connectivity index (χ3n) is 3.25. The number of alkyl halides is 3.